The summed E-state index contributed by atoms with van der Waals surface area (Å²) >= 11 is 0. The van der Waals surface area contributed by atoms with Crippen LogP contribution in [-0.4, -0.2) is 12.6 Å². The van der Waals surface area contributed by atoms with Gasteiger partial charge in [0.2, 0.25) is 0 Å². The van der Waals surface area contributed by atoms with Gasteiger partial charge in [0.05, 0.1) is 6.61 Å². The van der Waals surface area contributed by atoms with Crippen molar-refractivity contribution in [3.63, 3.8) is 0 Å². The van der Waals surface area contributed by atoms with E-state index in [0.717, 1.165) is 0 Å². The lowest BCUT2D eigenvalue weighted by Crippen LogP contribution is -2.14. The Hall–Kier alpha value is -0.530. The topological polar surface area (TPSA) is 26.3 Å². The molecule has 0 radical (unpaired) electrons. The van der Waals surface area contributed by atoms with Gasteiger partial charge in [0, 0.05) is 6.42 Å². The predicted octanol–water partition coefficient (Wildman–Crippen LogP) is 7.06. The highest BCUT2D eigenvalue weighted by atomic mass is 16.5. The van der Waals surface area contributed by atoms with Crippen LogP contribution in [-0.2, 0) is 9.53 Å². The summed E-state index contributed by atoms with van der Waals surface area (Å²) in [5.41, 5.74) is 0. The van der Waals surface area contributed by atoms with Crippen LogP contribution in [0.1, 0.15) is 117 Å². The van der Waals surface area contributed by atoms with E-state index < -0.39 is 0 Å². The second-order valence-electron chi connectivity index (χ2n) is 7.02. The van der Waals surface area contributed by atoms with Crippen molar-refractivity contribution in [3.8, 4) is 0 Å². The lowest BCUT2D eigenvalue weighted by molar-refractivity contribution is -0.144. The highest BCUT2D eigenvalue weighted by Crippen LogP contribution is 2.20. The molecule has 0 amide bonds. The second-order valence-corrected chi connectivity index (χ2v) is 7.02. The van der Waals surface area contributed by atoms with Crippen LogP contribution in [0.2, 0.25) is 0 Å². The lowest BCUT2D eigenvalue weighted by Gasteiger charge is -2.17. The molecule has 1 atom stereocenters. The van der Waals surface area contributed by atoms with Crippen LogP contribution in [0.3, 0.4) is 0 Å². The summed E-state index contributed by atoms with van der Waals surface area (Å²) in [6.45, 7) is 7.05. The van der Waals surface area contributed by atoms with Gasteiger partial charge in [-0.2, -0.15) is 0 Å². The minimum absolute atomic E-state index is 0.0412. The fourth-order valence-corrected chi connectivity index (χ4v) is 3.05. The summed E-state index contributed by atoms with van der Waals surface area (Å²) < 4.78 is 5.40. The normalized spacial score (nSPS) is 12.3. The zero-order valence-corrected chi connectivity index (χ0v) is 16.2. The molecule has 0 spiro atoms. The summed E-state index contributed by atoms with van der Waals surface area (Å²) in [5, 5.41) is 0. The molecule has 0 fully saturated rings. The molecule has 0 aliphatic carbocycles. The summed E-state index contributed by atoms with van der Waals surface area (Å²) in [7, 11) is 0. The SMILES string of the molecule is CCCCCCCCCC(CCCCCCC)COC(=O)CC. The predicted molar refractivity (Wildman–Crippen MR) is 101 cm³/mol. The first kappa shape index (κ1) is 22.5. The van der Waals surface area contributed by atoms with Gasteiger partial charge in [-0.25, -0.2) is 0 Å². The molecule has 1 unspecified atom stereocenters. The van der Waals surface area contributed by atoms with Crippen LogP contribution < -0.4 is 0 Å². The Kier molecular flexibility index (Phi) is 17.4. The molecular weight excluding hydrogens is 284 g/mol. The number of carbonyl (C=O) groups excluding carboxylic acids is 1. The Bertz CT molecular complexity index is 250. The molecular formula is C21H42O2. The molecule has 0 rings (SSSR count). The van der Waals surface area contributed by atoms with Gasteiger partial charge in [-0.15, -0.1) is 0 Å². The van der Waals surface area contributed by atoms with Gasteiger partial charge in [-0.1, -0.05) is 97.8 Å². The molecule has 0 aliphatic heterocycles. The lowest BCUT2D eigenvalue weighted by atomic mass is 9.95. The van der Waals surface area contributed by atoms with Crippen LogP contribution in [0, 0.1) is 5.92 Å². The van der Waals surface area contributed by atoms with Crippen molar-refractivity contribution in [1.82, 2.24) is 0 Å². The smallest absolute Gasteiger partial charge is 0.305 e. The molecule has 23 heavy (non-hydrogen) atoms. The van der Waals surface area contributed by atoms with Crippen molar-refractivity contribution in [2.75, 3.05) is 6.61 Å². The van der Waals surface area contributed by atoms with Crippen LogP contribution in [0.15, 0.2) is 0 Å². The molecule has 0 saturated heterocycles. The van der Waals surface area contributed by atoms with Crippen molar-refractivity contribution in [3.05, 3.63) is 0 Å². The van der Waals surface area contributed by atoms with Crippen molar-refractivity contribution >= 4 is 5.97 Å². The Morgan fingerprint density at radius 2 is 1.13 bits per heavy atom. The third-order valence-corrected chi connectivity index (χ3v) is 4.70. The van der Waals surface area contributed by atoms with Crippen LogP contribution in [0.5, 0.6) is 0 Å². The molecule has 0 aromatic heterocycles. The third kappa shape index (κ3) is 16.1. The quantitative estimate of drug-likeness (QED) is 0.211. The number of ether oxygens (including phenoxy) is 1. The van der Waals surface area contributed by atoms with Gasteiger partial charge in [-0.05, 0) is 18.8 Å². The zero-order valence-electron chi connectivity index (χ0n) is 16.2. The third-order valence-electron chi connectivity index (χ3n) is 4.70. The Morgan fingerprint density at radius 1 is 0.696 bits per heavy atom. The van der Waals surface area contributed by atoms with E-state index in [1.54, 1.807) is 0 Å². The minimum Gasteiger partial charge on any atom is -0.465 e. The highest BCUT2D eigenvalue weighted by Gasteiger charge is 2.11. The van der Waals surface area contributed by atoms with Crippen molar-refractivity contribution in [2.24, 2.45) is 5.92 Å². The molecule has 0 heterocycles. The first-order valence-electron chi connectivity index (χ1n) is 10.4. The van der Waals surface area contributed by atoms with E-state index in [4.69, 9.17) is 4.74 Å². The summed E-state index contributed by atoms with van der Waals surface area (Å²) in [6.07, 6.45) is 19.1. The van der Waals surface area contributed by atoms with E-state index in [1.165, 1.54) is 89.9 Å². The molecule has 0 aromatic rings. The van der Waals surface area contributed by atoms with E-state index in [2.05, 4.69) is 13.8 Å². The van der Waals surface area contributed by atoms with Crippen LogP contribution in [0.4, 0.5) is 0 Å². The fourth-order valence-electron chi connectivity index (χ4n) is 3.05. The number of unbranched alkanes of at least 4 members (excludes halogenated alkanes) is 10. The van der Waals surface area contributed by atoms with Gasteiger partial charge in [0.15, 0.2) is 0 Å². The first-order valence-corrected chi connectivity index (χ1v) is 10.4. The molecule has 2 heteroatoms. The summed E-state index contributed by atoms with van der Waals surface area (Å²) in [4.78, 5) is 11.4. The maximum absolute atomic E-state index is 11.4. The molecule has 0 N–H and O–H groups in total. The van der Waals surface area contributed by atoms with Crippen LogP contribution in [0.25, 0.3) is 0 Å². The van der Waals surface area contributed by atoms with E-state index >= 15 is 0 Å². The molecule has 138 valence electrons. The monoisotopic (exact) mass is 326 g/mol. The van der Waals surface area contributed by atoms with Gasteiger partial charge in [0.25, 0.3) is 0 Å². The highest BCUT2D eigenvalue weighted by molar-refractivity contribution is 5.68. The average molecular weight is 327 g/mol. The molecule has 0 saturated carbocycles. The van der Waals surface area contributed by atoms with Crippen molar-refractivity contribution in [2.45, 2.75) is 117 Å². The number of rotatable bonds is 17. The average Bonchev–Trinajstić information content (AvgIpc) is 2.57. The number of hydrogen-bond acceptors (Lipinski definition) is 2. The second kappa shape index (κ2) is 17.8. The number of esters is 1. The van der Waals surface area contributed by atoms with Gasteiger partial charge >= 0.3 is 5.97 Å². The standard InChI is InChI=1S/C21H42O2/c1-4-7-9-11-12-14-16-18-20(19-23-21(22)6-3)17-15-13-10-8-5-2/h20H,4-19H2,1-3H3. The first-order chi connectivity index (χ1) is 11.2. The molecule has 0 aliphatic rings. The Balaban J connectivity index is 3.80. The van der Waals surface area contributed by atoms with Crippen molar-refractivity contribution in [1.29, 1.82) is 0 Å². The zero-order chi connectivity index (χ0) is 17.2. The maximum atomic E-state index is 11.4. The van der Waals surface area contributed by atoms with E-state index in [1.807, 2.05) is 6.92 Å². The van der Waals surface area contributed by atoms with E-state index in [9.17, 15) is 4.79 Å². The molecule has 0 bridgehead atoms. The van der Waals surface area contributed by atoms with E-state index in [-0.39, 0.29) is 5.97 Å². The maximum Gasteiger partial charge on any atom is 0.305 e. The molecule has 2 nitrogen and oxygen atoms in total. The summed E-state index contributed by atoms with van der Waals surface area (Å²) in [5.74, 6) is 0.545. The van der Waals surface area contributed by atoms with Gasteiger partial charge in [-0.3, -0.25) is 4.79 Å². The Morgan fingerprint density at radius 3 is 1.57 bits per heavy atom. The number of hydrogen-bond donors (Lipinski definition) is 0. The minimum atomic E-state index is -0.0412. The summed E-state index contributed by atoms with van der Waals surface area (Å²) in [6, 6.07) is 0. The molecule has 0 aromatic carbocycles. The van der Waals surface area contributed by atoms with Gasteiger partial charge in [0.1, 0.15) is 0 Å². The van der Waals surface area contributed by atoms with Crippen molar-refractivity contribution < 1.29 is 9.53 Å². The fraction of sp³-hybridized carbons (Fsp3) is 0.952. The number of carbonyl (C=O) groups is 1. The largest absolute Gasteiger partial charge is 0.465 e. The van der Waals surface area contributed by atoms with E-state index in [0.29, 0.717) is 18.9 Å². The Labute approximate surface area is 145 Å². The van der Waals surface area contributed by atoms with Gasteiger partial charge < -0.3 is 4.74 Å². The van der Waals surface area contributed by atoms with Crippen LogP contribution >= 0.6 is 0 Å².